The Bertz CT molecular complexity index is 161. The molecule has 0 aromatic carbocycles. The minimum Gasteiger partial charge on any atom is -0.459 e. The van der Waals surface area contributed by atoms with Crippen molar-refractivity contribution >= 4 is 5.97 Å². The molecule has 1 aliphatic heterocycles. The number of ether oxygens (including phenoxy) is 1. The molecule has 1 unspecified atom stereocenters. The summed E-state index contributed by atoms with van der Waals surface area (Å²) in [7, 11) is 0. The van der Waals surface area contributed by atoms with E-state index >= 15 is 0 Å². The maximum Gasteiger partial charge on any atom is 0.333 e. The maximum absolute atomic E-state index is 10.8. The Morgan fingerprint density at radius 1 is 1.80 bits per heavy atom. The Morgan fingerprint density at radius 3 is 3.00 bits per heavy atom. The summed E-state index contributed by atoms with van der Waals surface area (Å²) in [6.45, 7) is 5.61. The predicted molar refractivity (Wildman–Crippen MR) is 38.5 cm³/mol. The van der Waals surface area contributed by atoms with Crippen LogP contribution in [0.1, 0.15) is 26.2 Å². The molecule has 0 aliphatic carbocycles. The van der Waals surface area contributed by atoms with Crippen LogP contribution in [0, 0.1) is 0 Å². The van der Waals surface area contributed by atoms with Crippen molar-refractivity contribution in [3.8, 4) is 0 Å². The first-order valence-corrected chi connectivity index (χ1v) is 3.62. The molecule has 56 valence electrons. The van der Waals surface area contributed by atoms with E-state index in [9.17, 15) is 4.79 Å². The Balaban J connectivity index is 2.48. The molecule has 1 rings (SSSR count). The molecule has 1 fully saturated rings. The molecular weight excluding hydrogens is 128 g/mol. The van der Waals surface area contributed by atoms with Crippen molar-refractivity contribution in [1.82, 2.24) is 0 Å². The van der Waals surface area contributed by atoms with Gasteiger partial charge in [0.15, 0.2) is 0 Å². The molecule has 0 aromatic heterocycles. The fraction of sp³-hybridized carbons (Fsp3) is 0.625. The molecule has 1 atom stereocenters. The summed E-state index contributed by atoms with van der Waals surface area (Å²) in [4.78, 5) is 10.8. The van der Waals surface area contributed by atoms with Crippen LogP contribution < -0.4 is 0 Å². The van der Waals surface area contributed by atoms with Crippen molar-refractivity contribution in [2.45, 2.75) is 32.3 Å². The van der Waals surface area contributed by atoms with Crippen LogP contribution >= 0.6 is 0 Å². The normalized spacial score (nSPS) is 26.3. The van der Waals surface area contributed by atoms with Crippen LogP contribution in [0.3, 0.4) is 0 Å². The second-order valence-corrected chi connectivity index (χ2v) is 2.58. The third kappa shape index (κ3) is 1.38. The second kappa shape index (κ2) is 2.86. The molecule has 0 bridgehead atoms. The highest BCUT2D eigenvalue weighted by molar-refractivity contribution is 5.88. The van der Waals surface area contributed by atoms with Crippen LogP contribution in [0.15, 0.2) is 12.2 Å². The van der Waals surface area contributed by atoms with Gasteiger partial charge in [0.25, 0.3) is 0 Å². The second-order valence-electron chi connectivity index (χ2n) is 2.58. The summed E-state index contributed by atoms with van der Waals surface area (Å²) < 4.78 is 5.01. The molecular formula is C8H12O2. The minimum absolute atomic E-state index is 0.137. The zero-order chi connectivity index (χ0) is 7.56. The van der Waals surface area contributed by atoms with Crippen LogP contribution in [-0.4, -0.2) is 12.1 Å². The number of cyclic esters (lactones) is 1. The summed E-state index contributed by atoms with van der Waals surface area (Å²) >= 11 is 0. The fourth-order valence-corrected chi connectivity index (χ4v) is 1.02. The first kappa shape index (κ1) is 7.32. The number of hydrogen-bond donors (Lipinski definition) is 0. The molecule has 0 N–H and O–H groups in total. The fourth-order valence-electron chi connectivity index (χ4n) is 1.02. The Hall–Kier alpha value is -0.790. The van der Waals surface area contributed by atoms with Gasteiger partial charge in [-0.1, -0.05) is 13.5 Å². The summed E-state index contributed by atoms with van der Waals surface area (Å²) in [5.41, 5.74) is 0.615. The molecule has 0 radical (unpaired) electrons. The van der Waals surface area contributed by atoms with Crippen molar-refractivity contribution < 1.29 is 9.53 Å². The molecule has 0 spiro atoms. The van der Waals surface area contributed by atoms with Gasteiger partial charge in [-0.15, -0.1) is 0 Å². The van der Waals surface area contributed by atoms with Gasteiger partial charge in [0.05, 0.1) is 0 Å². The highest BCUT2D eigenvalue weighted by atomic mass is 16.5. The topological polar surface area (TPSA) is 26.3 Å². The lowest BCUT2D eigenvalue weighted by Gasteiger charge is -2.21. The molecule has 1 heterocycles. The van der Waals surface area contributed by atoms with Gasteiger partial charge < -0.3 is 4.74 Å². The number of carbonyl (C=O) groups is 1. The van der Waals surface area contributed by atoms with E-state index in [0.29, 0.717) is 5.57 Å². The van der Waals surface area contributed by atoms with Gasteiger partial charge in [-0.05, 0) is 19.3 Å². The lowest BCUT2D eigenvalue weighted by Crippen LogP contribution is -2.24. The van der Waals surface area contributed by atoms with Gasteiger partial charge in [-0.2, -0.15) is 0 Å². The first-order valence-electron chi connectivity index (χ1n) is 3.62. The lowest BCUT2D eigenvalue weighted by molar-refractivity contribution is -0.147. The number of esters is 1. The standard InChI is InChI=1S/C8H12O2/c1-3-7-5-4-6(2)8(9)10-7/h7H,2-5H2,1H3. The summed E-state index contributed by atoms with van der Waals surface area (Å²) in [6, 6.07) is 0. The zero-order valence-corrected chi connectivity index (χ0v) is 6.22. The predicted octanol–water partition coefficient (Wildman–Crippen LogP) is 1.66. The van der Waals surface area contributed by atoms with E-state index in [1.165, 1.54) is 0 Å². The molecule has 0 aromatic rings. The van der Waals surface area contributed by atoms with E-state index in [2.05, 4.69) is 6.58 Å². The van der Waals surface area contributed by atoms with E-state index in [-0.39, 0.29) is 12.1 Å². The van der Waals surface area contributed by atoms with Crippen LogP contribution in [0.25, 0.3) is 0 Å². The Kier molecular flexibility index (Phi) is 2.10. The van der Waals surface area contributed by atoms with E-state index in [0.717, 1.165) is 19.3 Å². The van der Waals surface area contributed by atoms with Gasteiger partial charge in [0.2, 0.25) is 0 Å². The number of hydrogen-bond acceptors (Lipinski definition) is 2. The molecule has 0 saturated carbocycles. The van der Waals surface area contributed by atoms with Crippen molar-refractivity contribution in [3.63, 3.8) is 0 Å². The average Bonchev–Trinajstić information content (AvgIpc) is 1.95. The average molecular weight is 140 g/mol. The SMILES string of the molecule is C=C1CCC(CC)OC1=O. The maximum atomic E-state index is 10.8. The van der Waals surface area contributed by atoms with E-state index in [4.69, 9.17) is 4.74 Å². The van der Waals surface area contributed by atoms with Gasteiger partial charge in [0.1, 0.15) is 6.10 Å². The van der Waals surface area contributed by atoms with Gasteiger partial charge >= 0.3 is 5.97 Å². The van der Waals surface area contributed by atoms with Crippen molar-refractivity contribution in [2.24, 2.45) is 0 Å². The molecule has 10 heavy (non-hydrogen) atoms. The minimum atomic E-state index is -0.210. The van der Waals surface area contributed by atoms with Crippen LogP contribution in [0.4, 0.5) is 0 Å². The Labute approximate surface area is 60.9 Å². The van der Waals surface area contributed by atoms with Gasteiger partial charge in [-0.25, -0.2) is 4.79 Å². The third-order valence-corrected chi connectivity index (χ3v) is 1.79. The monoisotopic (exact) mass is 140 g/mol. The highest BCUT2D eigenvalue weighted by Crippen LogP contribution is 2.19. The smallest absolute Gasteiger partial charge is 0.333 e. The first-order chi connectivity index (χ1) is 4.74. The largest absolute Gasteiger partial charge is 0.459 e. The highest BCUT2D eigenvalue weighted by Gasteiger charge is 2.21. The van der Waals surface area contributed by atoms with Crippen LogP contribution in [-0.2, 0) is 9.53 Å². The molecule has 2 heteroatoms. The van der Waals surface area contributed by atoms with E-state index < -0.39 is 0 Å². The molecule has 1 saturated heterocycles. The summed E-state index contributed by atoms with van der Waals surface area (Å²) in [5, 5.41) is 0. The molecule has 0 amide bonds. The Morgan fingerprint density at radius 2 is 2.50 bits per heavy atom. The van der Waals surface area contributed by atoms with Crippen LogP contribution in [0.2, 0.25) is 0 Å². The molecule has 1 aliphatic rings. The molecule has 2 nitrogen and oxygen atoms in total. The van der Waals surface area contributed by atoms with Gasteiger partial charge in [0, 0.05) is 5.57 Å². The van der Waals surface area contributed by atoms with Crippen molar-refractivity contribution in [1.29, 1.82) is 0 Å². The number of carbonyl (C=O) groups excluding carboxylic acids is 1. The zero-order valence-electron chi connectivity index (χ0n) is 6.22. The van der Waals surface area contributed by atoms with E-state index in [1.54, 1.807) is 0 Å². The summed E-state index contributed by atoms with van der Waals surface area (Å²) in [6.07, 6.45) is 2.80. The third-order valence-electron chi connectivity index (χ3n) is 1.79. The quantitative estimate of drug-likeness (QED) is 0.409. The van der Waals surface area contributed by atoms with Crippen LogP contribution in [0.5, 0.6) is 0 Å². The van der Waals surface area contributed by atoms with Crippen molar-refractivity contribution in [2.75, 3.05) is 0 Å². The lowest BCUT2D eigenvalue weighted by atomic mass is 10.0. The summed E-state index contributed by atoms with van der Waals surface area (Å²) in [5.74, 6) is -0.210. The van der Waals surface area contributed by atoms with Gasteiger partial charge in [-0.3, -0.25) is 0 Å². The van der Waals surface area contributed by atoms with E-state index in [1.807, 2.05) is 6.92 Å². The van der Waals surface area contributed by atoms with Crippen molar-refractivity contribution in [3.05, 3.63) is 12.2 Å². The number of rotatable bonds is 1.